The van der Waals surface area contributed by atoms with Crippen LogP contribution in [0.25, 0.3) is 11.3 Å². The van der Waals surface area contributed by atoms with E-state index < -0.39 is 0 Å². The molecule has 2 aliphatic rings. The van der Waals surface area contributed by atoms with Gasteiger partial charge in [-0.05, 0) is 32.8 Å². The van der Waals surface area contributed by atoms with E-state index in [0.29, 0.717) is 5.82 Å². The summed E-state index contributed by atoms with van der Waals surface area (Å²) in [5.41, 5.74) is 3.75. The Kier molecular flexibility index (Phi) is 3.11. The number of pyridine rings is 1. The fourth-order valence-corrected chi connectivity index (χ4v) is 3.01. The van der Waals surface area contributed by atoms with E-state index in [1.807, 2.05) is 20.0 Å². The van der Waals surface area contributed by atoms with Crippen LogP contribution in [0.1, 0.15) is 38.4 Å². The van der Waals surface area contributed by atoms with Gasteiger partial charge in [0.2, 0.25) is 5.91 Å². The summed E-state index contributed by atoms with van der Waals surface area (Å²) >= 11 is 0. The smallest absolute Gasteiger partial charge is 0.228 e. The molecule has 0 bridgehead atoms. The second-order valence-corrected chi connectivity index (χ2v) is 6.23. The van der Waals surface area contributed by atoms with Gasteiger partial charge in [-0.3, -0.25) is 4.79 Å². The summed E-state index contributed by atoms with van der Waals surface area (Å²) in [6.45, 7) is 4.85. The second kappa shape index (κ2) is 5.04. The van der Waals surface area contributed by atoms with Crippen LogP contribution in [-0.4, -0.2) is 32.9 Å². The number of carbonyl (C=O) groups is 1. The van der Waals surface area contributed by atoms with Crippen molar-refractivity contribution in [2.75, 3.05) is 17.3 Å². The minimum atomic E-state index is 0.0648. The SMILES string of the molecule is CCn1nc2c(n1)C(C)N(C)c1c-2ccnc1NC(=O)C1CC1. The van der Waals surface area contributed by atoms with Crippen LogP contribution in [0.15, 0.2) is 12.3 Å². The third-order valence-corrected chi connectivity index (χ3v) is 4.66. The molecule has 1 N–H and O–H groups in total. The molecule has 1 aliphatic carbocycles. The summed E-state index contributed by atoms with van der Waals surface area (Å²) in [6, 6.07) is 2.02. The van der Waals surface area contributed by atoms with Crippen LogP contribution in [0, 0.1) is 5.92 Å². The number of fused-ring (bicyclic) bond motifs is 3. The molecule has 1 aliphatic heterocycles. The molecule has 2 aromatic rings. The summed E-state index contributed by atoms with van der Waals surface area (Å²) in [4.78, 5) is 20.4. The average Bonchev–Trinajstić information content (AvgIpc) is 3.31. The van der Waals surface area contributed by atoms with Gasteiger partial charge in [-0.2, -0.15) is 15.0 Å². The summed E-state index contributed by atoms with van der Waals surface area (Å²) in [5, 5.41) is 12.2. The van der Waals surface area contributed by atoms with E-state index in [1.54, 1.807) is 11.0 Å². The van der Waals surface area contributed by atoms with E-state index in [4.69, 9.17) is 0 Å². The van der Waals surface area contributed by atoms with Crippen LogP contribution in [0.5, 0.6) is 0 Å². The molecule has 0 spiro atoms. The Balaban J connectivity index is 1.82. The second-order valence-electron chi connectivity index (χ2n) is 6.23. The molecule has 2 aromatic heterocycles. The fourth-order valence-electron chi connectivity index (χ4n) is 3.01. The average molecular weight is 312 g/mol. The lowest BCUT2D eigenvalue weighted by atomic mass is 9.99. The first-order valence-corrected chi connectivity index (χ1v) is 8.08. The zero-order valence-corrected chi connectivity index (χ0v) is 13.6. The highest BCUT2D eigenvalue weighted by Gasteiger charge is 2.35. The Morgan fingerprint density at radius 2 is 2.17 bits per heavy atom. The molecule has 0 radical (unpaired) electrons. The first-order valence-electron chi connectivity index (χ1n) is 8.08. The first kappa shape index (κ1) is 14.2. The molecule has 4 rings (SSSR count). The van der Waals surface area contributed by atoms with E-state index in [-0.39, 0.29) is 17.9 Å². The lowest BCUT2D eigenvalue weighted by molar-refractivity contribution is -0.117. The van der Waals surface area contributed by atoms with Crippen LogP contribution in [0.3, 0.4) is 0 Å². The molecule has 7 nitrogen and oxygen atoms in total. The highest BCUT2D eigenvalue weighted by atomic mass is 16.2. The minimum Gasteiger partial charge on any atom is -0.363 e. The minimum absolute atomic E-state index is 0.0648. The van der Waals surface area contributed by atoms with Gasteiger partial charge in [0.1, 0.15) is 11.4 Å². The molecule has 3 heterocycles. The summed E-state index contributed by atoms with van der Waals surface area (Å²) in [5.74, 6) is 0.830. The Hall–Kier alpha value is -2.44. The molecule has 1 unspecified atom stereocenters. The highest BCUT2D eigenvalue weighted by molar-refractivity contribution is 5.99. The highest BCUT2D eigenvalue weighted by Crippen LogP contribution is 2.45. The third-order valence-electron chi connectivity index (χ3n) is 4.66. The zero-order chi connectivity index (χ0) is 16.1. The third kappa shape index (κ3) is 2.18. The molecule has 1 saturated carbocycles. The standard InChI is InChI=1S/C16H20N6O/c1-4-22-19-12-9(2)21(3)14-11(13(12)20-22)7-8-17-15(14)18-16(23)10-5-6-10/h7-10H,4-6H2,1-3H3,(H,17,18,23). The fraction of sp³-hybridized carbons (Fsp3) is 0.500. The number of amides is 1. The lowest BCUT2D eigenvalue weighted by Crippen LogP contribution is -2.28. The van der Waals surface area contributed by atoms with E-state index >= 15 is 0 Å². The van der Waals surface area contributed by atoms with Gasteiger partial charge in [0.25, 0.3) is 0 Å². The maximum Gasteiger partial charge on any atom is 0.228 e. The van der Waals surface area contributed by atoms with Gasteiger partial charge in [0, 0.05) is 24.7 Å². The van der Waals surface area contributed by atoms with Crippen LogP contribution in [-0.2, 0) is 11.3 Å². The number of hydrogen-bond donors (Lipinski definition) is 1. The number of hydrogen-bond acceptors (Lipinski definition) is 5. The van der Waals surface area contributed by atoms with Gasteiger partial charge in [-0.25, -0.2) is 4.98 Å². The van der Waals surface area contributed by atoms with Crippen molar-refractivity contribution in [3.8, 4) is 11.3 Å². The number of anilines is 2. The van der Waals surface area contributed by atoms with Gasteiger partial charge >= 0.3 is 0 Å². The van der Waals surface area contributed by atoms with E-state index in [2.05, 4.69) is 32.3 Å². The number of aromatic nitrogens is 4. The zero-order valence-electron chi connectivity index (χ0n) is 13.6. The largest absolute Gasteiger partial charge is 0.363 e. The summed E-state index contributed by atoms with van der Waals surface area (Å²) in [6.07, 6.45) is 3.67. The lowest BCUT2D eigenvalue weighted by Gasteiger charge is -2.33. The molecular formula is C16H20N6O. The predicted molar refractivity (Wildman–Crippen MR) is 87.1 cm³/mol. The molecule has 1 fully saturated rings. The molecule has 120 valence electrons. The van der Waals surface area contributed by atoms with Crippen LogP contribution in [0.2, 0.25) is 0 Å². The van der Waals surface area contributed by atoms with Crippen LogP contribution < -0.4 is 10.2 Å². The van der Waals surface area contributed by atoms with Crippen molar-refractivity contribution in [1.82, 2.24) is 20.0 Å². The number of carbonyl (C=O) groups excluding carboxylic acids is 1. The van der Waals surface area contributed by atoms with Crippen molar-refractivity contribution in [1.29, 1.82) is 0 Å². The van der Waals surface area contributed by atoms with Crippen LogP contribution >= 0.6 is 0 Å². The van der Waals surface area contributed by atoms with Gasteiger partial charge < -0.3 is 10.2 Å². The van der Waals surface area contributed by atoms with Crippen molar-refractivity contribution in [3.05, 3.63) is 18.0 Å². The van der Waals surface area contributed by atoms with Gasteiger partial charge in [0.05, 0.1) is 18.3 Å². The molecule has 1 atom stereocenters. The normalized spacial score (nSPS) is 19.3. The molecule has 7 heteroatoms. The summed E-state index contributed by atoms with van der Waals surface area (Å²) in [7, 11) is 2.01. The summed E-state index contributed by atoms with van der Waals surface area (Å²) < 4.78 is 0. The van der Waals surface area contributed by atoms with Crippen molar-refractivity contribution in [2.45, 2.75) is 39.3 Å². The van der Waals surface area contributed by atoms with E-state index in [0.717, 1.165) is 42.0 Å². The Labute approximate surface area is 134 Å². The Morgan fingerprint density at radius 1 is 1.39 bits per heavy atom. The number of rotatable bonds is 3. The molecule has 0 aromatic carbocycles. The van der Waals surface area contributed by atoms with E-state index in [1.165, 1.54) is 0 Å². The first-order chi connectivity index (χ1) is 11.1. The molecule has 0 saturated heterocycles. The molecular weight excluding hydrogens is 292 g/mol. The predicted octanol–water partition coefficient (Wildman–Crippen LogP) is 2.22. The topological polar surface area (TPSA) is 75.9 Å². The Bertz CT molecular complexity index is 779. The van der Waals surface area contributed by atoms with Crippen molar-refractivity contribution < 1.29 is 4.79 Å². The van der Waals surface area contributed by atoms with Gasteiger partial charge in [-0.1, -0.05) is 0 Å². The van der Waals surface area contributed by atoms with Crippen molar-refractivity contribution in [3.63, 3.8) is 0 Å². The van der Waals surface area contributed by atoms with Crippen molar-refractivity contribution in [2.24, 2.45) is 5.92 Å². The van der Waals surface area contributed by atoms with Crippen LogP contribution in [0.4, 0.5) is 11.5 Å². The number of aryl methyl sites for hydroxylation is 1. The quantitative estimate of drug-likeness (QED) is 0.940. The maximum atomic E-state index is 12.1. The Morgan fingerprint density at radius 3 is 2.87 bits per heavy atom. The molecule has 23 heavy (non-hydrogen) atoms. The monoisotopic (exact) mass is 312 g/mol. The van der Waals surface area contributed by atoms with Gasteiger partial charge in [-0.15, -0.1) is 0 Å². The maximum absolute atomic E-state index is 12.1. The number of nitrogens with one attached hydrogen (secondary N) is 1. The van der Waals surface area contributed by atoms with Crippen molar-refractivity contribution >= 4 is 17.4 Å². The number of nitrogens with zero attached hydrogens (tertiary/aromatic N) is 5. The van der Waals surface area contributed by atoms with Gasteiger partial charge in [0.15, 0.2) is 5.82 Å². The van der Waals surface area contributed by atoms with E-state index in [9.17, 15) is 4.79 Å². The molecule has 1 amide bonds.